The van der Waals surface area contributed by atoms with Gasteiger partial charge in [-0.15, -0.1) is 0 Å². The van der Waals surface area contributed by atoms with Crippen LogP contribution < -0.4 is 0 Å². The van der Waals surface area contributed by atoms with Crippen molar-refractivity contribution in [2.24, 2.45) is 0 Å². The van der Waals surface area contributed by atoms with Gasteiger partial charge in [-0.25, -0.2) is 4.79 Å². The van der Waals surface area contributed by atoms with Crippen molar-refractivity contribution in [2.45, 2.75) is 37.5 Å². The Hall–Kier alpha value is -2.62. The second-order valence-electron chi connectivity index (χ2n) is 7.58. The Labute approximate surface area is 153 Å². The number of carboxylic acid groups (broad SMARTS) is 1. The summed E-state index contributed by atoms with van der Waals surface area (Å²) in [6.07, 6.45) is 2.63. The average Bonchev–Trinajstić information content (AvgIpc) is 3.31. The molecule has 0 aromatic heterocycles. The maximum Gasteiger partial charge on any atom is 0.335 e. The molecule has 1 amide bonds. The highest BCUT2D eigenvalue weighted by Gasteiger charge is 2.53. The average molecular weight is 349 g/mol. The van der Waals surface area contributed by atoms with E-state index in [2.05, 4.69) is 31.2 Å². The van der Waals surface area contributed by atoms with E-state index in [0.29, 0.717) is 18.7 Å². The van der Waals surface area contributed by atoms with Crippen molar-refractivity contribution in [3.63, 3.8) is 0 Å². The molecular weight excluding hydrogens is 326 g/mol. The lowest BCUT2D eigenvalue weighted by Crippen LogP contribution is -2.37. The van der Waals surface area contributed by atoms with Gasteiger partial charge in [0.25, 0.3) is 0 Å². The molecule has 1 N–H and O–H groups in total. The molecule has 1 aliphatic carbocycles. The van der Waals surface area contributed by atoms with Crippen LogP contribution in [0.15, 0.2) is 48.5 Å². The van der Waals surface area contributed by atoms with E-state index < -0.39 is 5.97 Å². The Morgan fingerprint density at radius 3 is 2.42 bits per heavy atom. The lowest BCUT2D eigenvalue weighted by molar-refractivity contribution is -0.132. The molecule has 1 heterocycles. The summed E-state index contributed by atoms with van der Waals surface area (Å²) in [5.41, 5.74) is 3.16. The number of aromatic carboxylic acids is 1. The highest BCUT2D eigenvalue weighted by atomic mass is 16.4. The number of nitrogens with zero attached hydrogens (tertiary/aromatic N) is 1. The van der Waals surface area contributed by atoms with Crippen LogP contribution in [-0.4, -0.2) is 35.0 Å². The van der Waals surface area contributed by atoms with Crippen LogP contribution in [-0.2, 0) is 10.2 Å². The van der Waals surface area contributed by atoms with Crippen LogP contribution in [0.25, 0.3) is 0 Å². The number of amides is 1. The van der Waals surface area contributed by atoms with Crippen LogP contribution in [0, 0.1) is 6.92 Å². The number of aryl methyl sites for hydroxylation is 1. The van der Waals surface area contributed by atoms with Gasteiger partial charge in [-0.2, -0.15) is 0 Å². The van der Waals surface area contributed by atoms with E-state index in [4.69, 9.17) is 0 Å². The molecule has 2 fully saturated rings. The fraction of sp³-hybridized carbons (Fsp3) is 0.364. The van der Waals surface area contributed by atoms with Crippen molar-refractivity contribution in [3.8, 4) is 0 Å². The van der Waals surface area contributed by atoms with Gasteiger partial charge in [0.1, 0.15) is 0 Å². The third kappa shape index (κ3) is 2.79. The summed E-state index contributed by atoms with van der Waals surface area (Å²) >= 11 is 0. The van der Waals surface area contributed by atoms with E-state index in [9.17, 15) is 14.7 Å². The van der Waals surface area contributed by atoms with Crippen LogP contribution in [0.2, 0.25) is 0 Å². The Balaban J connectivity index is 1.53. The maximum absolute atomic E-state index is 13.2. The first-order chi connectivity index (χ1) is 12.5. The molecule has 1 saturated carbocycles. The normalized spacial score (nSPS) is 20.8. The number of hydrogen-bond donors (Lipinski definition) is 1. The monoisotopic (exact) mass is 349 g/mol. The van der Waals surface area contributed by atoms with E-state index in [0.717, 1.165) is 30.4 Å². The predicted molar refractivity (Wildman–Crippen MR) is 99.4 cm³/mol. The van der Waals surface area contributed by atoms with E-state index in [1.54, 1.807) is 12.1 Å². The highest BCUT2D eigenvalue weighted by Crippen LogP contribution is 2.50. The first-order valence-corrected chi connectivity index (χ1v) is 9.20. The first kappa shape index (κ1) is 16.8. The van der Waals surface area contributed by atoms with Gasteiger partial charge >= 0.3 is 5.97 Å². The standard InChI is InChI=1S/C22H23NO3/c1-15-6-8-17(9-7-15)22(11-12-22)21(26)23-13-10-16(14-23)18-4-2-3-5-19(18)20(24)25/h2-9,16H,10-14H2,1H3,(H,24,25)/t16-/m1/s1. The second kappa shape index (κ2) is 6.27. The van der Waals surface area contributed by atoms with E-state index in [1.807, 2.05) is 17.0 Å². The van der Waals surface area contributed by atoms with Crippen LogP contribution in [0.4, 0.5) is 0 Å². The van der Waals surface area contributed by atoms with Crippen LogP contribution >= 0.6 is 0 Å². The summed E-state index contributed by atoms with van der Waals surface area (Å²) in [4.78, 5) is 26.7. The molecule has 1 saturated heterocycles. The van der Waals surface area contributed by atoms with Crippen molar-refractivity contribution in [1.82, 2.24) is 4.90 Å². The lowest BCUT2D eigenvalue weighted by atomic mass is 9.92. The number of likely N-dealkylation sites (tertiary alicyclic amines) is 1. The molecular formula is C22H23NO3. The number of carboxylic acids is 1. The Morgan fingerprint density at radius 1 is 1.08 bits per heavy atom. The summed E-state index contributed by atoms with van der Waals surface area (Å²) < 4.78 is 0. The number of carbonyl (C=O) groups excluding carboxylic acids is 1. The zero-order valence-corrected chi connectivity index (χ0v) is 14.9. The molecule has 2 aliphatic rings. The quantitative estimate of drug-likeness (QED) is 0.915. The largest absolute Gasteiger partial charge is 0.478 e. The number of rotatable bonds is 4. The second-order valence-corrected chi connectivity index (χ2v) is 7.58. The fourth-order valence-electron chi connectivity index (χ4n) is 4.17. The molecule has 0 radical (unpaired) electrons. The third-order valence-corrected chi connectivity index (χ3v) is 5.87. The molecule has 2 aromatic carbocycles. The summed E-state index contributed by atoms with van der Waals surface area (Å²) in [5.74, 6) is -0.597. The first-order valence-electron chi connectivity index (χ1n) is 9.20. The smallest absolute Gasteiger partial charge is 0.335 e. The fourth-order valence-corrected chi connectivity index (χ4v) is 4.17. The number of hydrogen-bond acceptors (Lipinski definition) is 2. The predicted octanol–water partition coefficient (Wildman–Crippen LogP) is 3.74. The van der Waals surface area contributed by atoms with E-state index in [1.165, 1.54) is 5.56 Å². The molecule has 1 atom stereocenters. The van der Waals surface area contributed by atoms with Gasteiger partial charge in [-0.05, 0) is 43.4 Å². The van der Waals surface area contributed by atoms with Gasteiger partial charge in [0, 0.05) is 19.0 Å². The Kier molecular flexibility index (Phi) is 4.06. The summed E-state index contributed by atoms with van der Waals surface area (Å²) in [6.45, 7) is 3.36. The topological polar surface area (TPSA) is 57.6 Å². The minimum Gasteiger partial charge on any atom is -0.478 e. The minimum absolute atomic E-state index is 0.0973. The van der Waals surface area contributed by atoms with Gasteiger partial charge < -0.3 is 10.0 Å². The minimum atomic E-state index is -0.899. The molecule has 4 rings (SSSR count). The summed E-state index contributed by atoms with van der Waals surface area (Å²) in [5, 5.41) is 9.43. The SMILES string of the molecule is Cc1ccc(C2(C(=O)N3CC[C@@H](c4ccccc4C(=O)O)C3)CC2)cc1. The van der Waals surface area contributed by atoms with Gasteiger partial charge in [0.15, 0.2) is 0 Å². The van der Waals surface area contributed by atoms with Crippen molar-refractivity contribution in [3.05, 3.63) is 70.8 Å². The van der Waals surface area contributed by atoms with Crippen molar-refractivity contribution in [1.29, 1.82) is 0 Å². The van der Waals surface area contributed by atoms with Crippen LogP contribution in [0.5, 0.6) is 0 Å². The Morgan fingerprint density at radius 2 is 1.77 bits per heavy atom. The molecule has 1 aliphatic heterocycles. The van der Waals surface area contributed by atoms with Crippen LogP contribution in [0.1, 0.15) is 52.2 Å². The third-order valence-electron chi connectivity index (χ3n) is 5.87. The molecule has 4 nitrogen and oxygen atoms in total. The number of carbonyl (C=O) groups is 2. The van der Waals surface area contributed by atoms with Gasteiger partial charge in [-0.3, -0.25) is 4.79 Å². The highest BCUT2D eigenvalue weighted by molar-refractivity contribution is 5.92. The van der Waals surface area contributed by atoms with Crippen molar-refractivity contribution < 1.29 is 14.7 Å². The summed E-state index contributed by atoms with van der Waals surface area (Å²) in [7, 11) is 0. The van der Waals surface area contributed by atoms with E-state index in [-0.39, 0.29) is 17.2 Å². The summed E-state index contributed by atoms with van der Waals surface area (Å²) in [6, 6.07) is 15.5. The molecule has 0 unspecified atom stereocenters. The molecule has 2 aromatic rings. The van der Waals surface area contributed by atoms with E-state index >= 15 is 0 Å². The van der Waals surface area contributed by atoms with Crippen molar-refractivity contribution in [2.75, 3.05) is 13.1 Å². The zero-order chi connectivity index (χ0) is 18.3. The molecule has 26 heavy (non-hydrogen) atoms. The molecule has 4 heteroatoms. The lowest BCUT2D eigenvalue weighted by Gasteiger charge is -2.24. The molecule has 0 bridgehead atoms. The Bertz CT molecular complexity index is 852. The molecule has 134 valence electrons. The van der Waals surface area contributed by atoms with Gasteiger partial charge in [0.2, 0.25) is 5.91 Å². The van der Waals surface area contributed by atoms with Crippen molar-refractivity contribution >= 4 is 11.9 Å². The van der Waals surface area contributed by atoms with Gasteiger partial charge in [-0.1, -0.05) is 48.0 Å². The molecule has 0 spiro atoms. The number of benzene rings is 2. The zero-order valence-electron chi connectivity index (χ0n) is 14.9. The van der Waals surface area contributed by atoms with Crippen LogP contribution in [0.3, 0.4) is 0 Å². The maximum atomic E-state index is 13.2. The van der Waals surface area contributed by atoms with Gasteiger partial charge in [0.05, 0.1) is 11.0 Å².